The summed E-state index contributed by atoms with van der Waals surface area (Å²) in [4.78, 5) is 24.1. The zero-order chi connectivity index (χ0) is 24.4. The van der Waals surface area contributed by atoms with Crippen molar-refractivity contribution in [2.45, 2.75) is 24.3 Å². The number of carbonyl (C=O) groups excluding carboxylic acids is 1. The van der Waals surface area contributed by atoms with E-state index >= 15 is 0 Å². The molecule has 1 fully saturated rings. The van der Waals surface area contributed by atoms with Crippen LogP contribution in [0.4, 0.5) is 9.52 Å². The zero-order valence-electron chi connectivity index (χ0n) is 18.7. The number of hydrogen-bond acceptors (Lipinski definition) is 6. The molecule has 0 saturated carbocycles. The van der Waals surface area contributed by atoms with E-state index in [-0.39, 0.29) is 29.4 Å². The third-order valence-corrected chi connectivity index (χ3v) is 8.96. The van der Waals surface area contributed by atoms with Crippen molar-refractivity contribution in [2.24, 2.45) is 5.92 Å². The molecule has 2 aromatic heterocycles. The van der Waals surface area contributed by atoms with Crippen LogP contribution in [0.25, 0.3) is 10.2 Å². The molecule has 0 radical (unpaired) electrons. The van der Waals surface area contributed by atoms with Crippen LogP contribution in [0.15, 0.2) is 78.0 Å². The molecule has 0 N–H and O–H groups in total. The zero-order valence-corrected chi connectivity index (χ0v) is 20.4. The lowest BCUT2D eigenvalue weighted by Gasteiger charge is -2.33. The monoisotopic (exact) mass is 510 g/mol. The second-order valence-electron chi connectivity index (χ2n) is 8.38. The normalized spacial score (nSPS) is 16.9. The second-order valence-corrected chi connectivity index (χ2v) is 11.3. The number of anilines is 1. The SMILES string of the molecule is O=C(C1CCCN(S(=O)(=O)c2ccccc2)C1)N(Cc1cccnc1)c1nc2c(F)cccc2s1. The Labute approximate surface area is 206 Å². The molecule has 3 heterocycles. The number of pyridine rings is 1. The first kappa shape index (κ1) is 23.5. The fourth-order valence-corrected chi connectivity index (χ4v) is 6.79. The Morgan fingerprint density at radius 2 is 1.94 bits per heavy atom. The number of halogens is 1. The maximum Gasteiger partial charge on any atom is 0.243 e. The molecule has 0 aliphatic carbocycles. The molecule has 1 aliphatic rings. The van der Waals surface area contributed by atoms with E-state index in [0.717, 1.165) is 5.56 Å². The number of amides is 1. The van der Waals surface area contributed by atoms with Gasteiger partial charge in [0.15, 0.2) is 5.13 Å². The van der Waals surface area contributed by atoms with Gasteiger partial charge in [-0.05, 0) is 48.7 Å². The number of rotatable bonds is 6. The van der Waals surface area contributed by atoms with E-state index < -0.39 is 21.8 Å². The predicted octanol–water partition coefficient (Wildman–Crippen LogP) is 4.46. The molecule has 1 saturated heterocycles. The van der Waals surface area contributed by atoms with E-state index in [1.807, 2.05) is 6.07 Å². The smallest absolute Gasteiger partial charge is 0.243 e. The molecule has 1 amide bonds. The Bertz CT molecular complexity index is 1450. The van der Waals surface area contributed by atoms with Crippen molar-refractivity contribution < 1.29 is 17.6 Å². The highest BCUT2D eigenvalue weighted by atomic mass is 32.2. The maximum atomic E-state index is 14.3. The highest BCUT2D eigenvalue weighted by Gasteiger charge is 2.36. The summed E-state index contributed by atoms with van der Waals surface area (Å²) in [6, 6.07) is 16.6. The number of piperidine rings is 1. The lowest BCUT2D eigenvalue weighted by molar-refractivity contribution is -0.123. The lowest BCUT2D eigenvalue weighted by atomic mass is 9.98. The van der Waals surface area contributed by atoms with Crippen LogP contribution in [-0.4, -0.2) is 41.7 Å². The first-order chi connectivity index (χ1) is 16.9. The summed E-state index contributed by atoms with van der Waals surface area (Å²) in [6.07, 6.45) is 4.44. The Morgan fingerprint density at radius 3 is 2.69 bits per heavy atom. The van der Waals surface area contributed by atoms with Crippen molar-refractivity contribution in [2.75, 3.05) is 18.0 Å². The number of benzene rings is 2. The fourth-order valence-electron chi connectivity index (χ4n) is 4.26. The summed E-state index contributed by atoms with van der Waals surface area (Å²) >= 11 is 1.24. The average molecular weight is 511 g/mol. The highest BCUT2D eigenvalue weighted by molar-refractivity contribution is 7.89. The van der Waals surface area contributed by atoms with Crippen LogP contribution in [0.5, 0.6) is 0 Å². The van der Waals surface area contributed by atoms with Crippen LogP contribution in [0.1, 0.15) is 18.4 Å². The van der Waals surface area contributed by atoms with Gasteiger partial charge in [0.05, 0.1) is 22.1 Å². The van der Waals surface area contributed by atoms with Crippen LogP contribution >= 0.6 is 11.3 Å². The first-order valence-electron chi connectivity index (χ1n) is 11.2. The molecule has 180 valence electrons. The number of thiazole rings is 1. The van der Waals surface area contributed by atoms with Gasteiger partial charge in [-0.1, -0.05) is 41.7 Å². The van der Waals surface area contributed by atoms with E-state index in [2.05, 4.69) is 9.97 Å². The van der Waals surface area contributed by atoms with Gasteiger partial charge in [0, 0.05) is 25.5 Å². The van der Waals surface area contributed by atoms with Gasteiger partial charge in [-0.3, -0.25) is 14.7 Å². The van der Waals surface area contributed by atoms with Crippen LogP contribution < -0.4 is 4.90 Å². The van der Waals surface area contributed by atoms with Gasteiger partial charge >= 0.3 is 0 Å². The van der Waals surface area contributed by atoms with E-state index in [1.54, 1.807) is 60.9 Å². The number of hydrogen-bond donors (Lipinski definition) is 0. The maximum absolute atomic E-state index is 14.3. The topological polar surface area (TPSA) is 83.5 Å². The number of aromatic nitrogens is 2. The van der Waals surface area contributed by atoms with E-state index in [1.165, 1.54) is 26.6 Å². The van der Waals surface area contributed by atoms with Gasteiger partial charge in [0.25, 0.3) is 0 Å². The van der Waals surface area contributed by atoms with E-state index in [0.29, 0.717) is 29.2 Å². The Kier molecular flexibility index (Phi) is 6.59. The summed E-state index contributed by atoms with van der Waals surface area (Å²) in [5, 5.41) is 0.377. The molecule has 0 spiro atoms. The van der Waals surface area contributed by atoms with Crippen LogP contribution in [0, 0.1) is 11.7 Å². The van der Waals surface area contributed by atoms with Crippen molar-refractivity contribution in [1.29, 1.82) is 0 Å². The molecule has 35 heavy (non-hydrogen) atoms. The third-order valence-electron chi connectivity index (χ3n) is 6.03. The van der Waals surface area contributed by atoms with Gasteiger partial charge in [0.1, 0.15) is 11.3 Å². The Balaban J connectivity index is 1.46. The molecule has 1 unspecified atom stereocenters. The minimum atomic E-state index is -3.71. The summed E-state index contributed by atoms with van der Waals surface area (Å²) in [6.45, 7) is 0.644. The highest BCUT2D eigenvalue weighted by Crippen LogP contribution is 2.33. The summed E-state index contributed by atoms with van der Waals surface area (Å²) in [5.74, 6) is -1.23. The van der Waals surface area contributed by atoms with Gasteiger partial charge in [-0.25, -0.2) is 17.8 Å². The Morgan fingerprint density at radius 1 is 1.11 bits per heavy atom. The number of carbonyl (C=O) groups is 1. The standard InChI is InChI=1S/C25H23FN4O3S2/c26-21-11-4-12-22-23(21)28-25(34-22)30(16-18-7-5-13-27-15-18)24(31)19-8-6-14-29(17-19)35(32,33)20-9-2-1-3-10-20/h1-5,7,9-13,15,19H,6,8,14,16-17H2. The van der Waals surface area contributed by atoms with Crippen molar-refractivity contribution >= 4 is 42.6 Å². The third kappa shape index (κ3) is 4.82. The number of para-hydroxylation sites is 1. The largest absolute Gasteiger partial charge is 0.283 e. The second kappa shape index (κ2) is 9.80. The van der Waals surface area contributed by atoms with Gasteiger partial charge < -0.3 is 0 Å². The van der Waals surface area contributed by atoms with Crippen LogP contribution in [0.2, 0.25) is 0 Å². The van der Waals surface area contributed by atoms with Crippen LogP contribution in [0.3, 0.4) is 0 Å². The molecular weight excluding hydrogens is 487 g/mol. The van der Waals surface area contributed by atoms with Crippen molar-refractivity contribution in [1.82, 2.24) is 14.3 Å². The quantitative estimate of drug-likeness (QED) is 0.382. The summed E-state index contributed by atoms with van der Waals surface area (Å²) < 4.78 is 42.7. The minimum Gasteiger partial charge on any atom is -0.283 e. The first-order valence-corrected chi connectivity index (χ1v) is 13.5. The van der Waals surface area contributed by atoms with Crippen LogP contribution in [-0.2, 0) is 21.4 Å². The van der Waals surface area contributed by atoms with E-state index in [9.17, 15) is 17.6 Å². The van der Waals surface area contributed by atoms with Crippen molar-refractivity contribution in [3.8, 4) is 0 Å². The molecule has 1 aliphatic heterocycles. The molecule has 2 aromatic carbocycles. The lowest BCUT2D eigenvalue weighted by Crippen LogP contribution is -2.46. The van der Waals surface area contributed by atoms with Gasteiger partial charge in [-0.2, -0.15) is 4.31 Å². The molecule has 4 aromatic rings. The fraction of sp³-hybridized carbons (Fsp3) is 0.240. The Hall–Kier alpha value is -3.21. The van der Waals surface area contributed by atoms with Crippen molar-refractivity contribution in [3.05, 3.63) is 84.4 Å². The summed E-state index contributed by atoms with van der Waals surface area (Å²) in [5.41, 5.74) is 1.01. The van der Waals surface area contributed by atoms with Gasteiger partial charge in [0.2, 0.25) is 15.9 Å². The molecule has 5 rings (SSSR count). The average Bonchev–Trinajstić information content (AvgIpc) is 3.33. The van der Waals surface area contributed by atoms with Crippen molar-refractivity contribution in [3.63, 3.8) is 0 Å². The number of fused-ring (bicyclic) bond motifs is 1. The van der Waals surface area contributed by atoms with E-state index in [4.69, 9.17) is 0 Å². The molecular formula is C25H23FN4O3S2. The predicted molar refractivity (Wildman–Crippen MR) is 133 cm³/mol. The molecule has 7 nitrogen and oxygen atoms in total. The molecule has 0 bridgehead atoms. The van der Waals surface area contributed by atoms with Gasteiger partial charge in [-0.15, -0.1) is 0 Å². The number of nitrogens with zero attached hydrogens (tertiary/aromatic N) is 4. The molecule has 1 atom stereocenters. The summed E-state index contributed by atoms with van der Waals surface area (Å²) in [7, 11) is -3.71. The minimum absolute atomic E-state index is 0.0822. The molecule has 10 heteroatoms. The number of sulfonamides is 1.